The van der Waals surface area contributed by atoms with Crippen LogP contribution in [0.4, 0.5) is 0 Å². The number of hydrogen-bond acceptors (Lipinski definition) is 2. The number of carbonyl (C=O) groups is 1. The maximum Gasteiger partial charge on any atom is 0.261 e. The second-order valence-corrected chi connectivity index (χ2v) is 8.30. The van der Waals surface area contributed by atoms with Gasteiger partial charge in [-0.05, 0) is 54.8 Å². The van der Waals surface area contributed by atoms with Crippen molar-refractivity contribution in [3.8, 4) is 5.75 Å². The minimum Gasteiger partial charge on any atom is -0.484 e. The molecule has 1 heterocycles. The molecular weight excluding hydrogens is 396 g/mol. The normalized spacial score (nSPS) is 12.0. The zero-order valence-corrected chi connectivity index (χ0v) is 18.5. The van der Waals surface area contributed by atoms with Gasteiger partial charge in [0.15, 0.2) is 6.61 Å². The third-order valence-electron chi connectivity index (χ3n) is 5.40. The van der Waals surface area contributed by atoms with Crippen LogP contribution in [-0.4, -0.2) is 28.0 Å². The highest BCUT2D eigenvalue weighted by Gasteiger charge is 2.24. The Morgan fingerprint density at radius 2 is 1.70 bits per heavy atom. The fourth-order valence-electron chi connectivity index (χ4n) is 3.28. The van der Waals surface area contributed by atoms with Crippen molar-refractivity contribution < 1.29 is 9.53 Å². The molecule has 0 aliphatic rings. The topological polar surface area (TPSA) is 34.5 Å². The van der Waals surface area contributed by atoms with Crippen LogP contribution >= 0.6 is 11.6 Å². The summed E-state index contributed by atoms with van der Waals surface area (Å²) in [5.41, 5.74) is 2.34. The number of carbonyl (C=O) groups excluding carboxylic acids is 1. The Balaban J connectivity index is 1.72. The summed E-state index contributed by atoms with van der Waals surface area (Å²) >= 11 is 5.92. The van der Waals surface area contributed by atoms with Gasteiger partial charge in [0.1, 0.15) is 5.75 Å². The van der Waals surface area contributed by atoms with E-state index in [1.54, 1.807) is 24.3 Å². The molecule has 3 rings (SSSR count). The Kier molecular flexibility index (Phi) is 7.58. The largest absolute Gasteiger partial charge is 0.484 e. The number of aromatic nitrogens is 1. The molecule has 2 aromatic carbocycles. The molecule has 1 unspecified atom stereocenters. The van der Waals surface area contributed by atoms with E-state index in [-0.39, 0.29) is 18.6 Å². The van der Waals surface area contributed by atoms with Crippen LogP contribution in [-0.2, 0) is 17.9 Å². The van der Waals surface area contributed by atoms with E-state index in [2.05, 4.69) is 49.7 Å². The highest BCUT2D eigenvalue weighted by atomic mass is 35.5. The first-order valence-electron chi connectivity index (χ1n) is 10.3. The average Bonchev–Trinajstić information content (AvgIpc) is 3.18. The summed E-state index contributed by atoms with van der Waals surface area (Å²) in [5, 5.41) is 0.642. The fourth-order valence-corrected chi connectivity index (χ4v) is 3.41. The van der Waals surface area contributed by atoms with Gasteiger partial charge < -0.3 is 14.2 Å². The van der Waals surface area contributed by atoms with Gasteiger partial charge in [-0.2, -0.15) is 0 Å². The smallest absolute Gasteiger partial charge is 0.261 e. The highest BCUT2D eigenvalue weighted by molar-refractivity contribution is 6.30. The molecule has 0 aliphatic carbocycles. The van der Waals surface area contributed by atoms with Crippen LogP contribution in [0.5, 0.6) is 5.75 Å². The molecule has 5 heteroatoms. The molecule has 0 fully saturated rings. The number of hydrogen-bond donors (Lipinski definition) is 0. The maximum atomic E-state index is 13.1. The predicted octanol–water partition coefficient (Wildman–Crippen LogP) is 5.64. The lowest BCUT2D eigenvalue weighted by atomic mass is 10.0. The summed E-state index contributed by atoms with van der Waals surface area (Å²) in [6, 6.07) is 21.6. The first-order chi connectivity index (χ1) is 14.4. The zero-order valence-electron chi connectivity index (χ0n) is 17.8. The third kappa shape index (κ3) is 5.90. The lowest BCUT2D eigenvalue weighted by Gasteiger charge is -2.32. The van der Waals surface area contributed by atoms with Crippen molar-refractivity contribution in [2.45, 2.75) is 39.9 Å². The summed E-state index contributed by atoms with van der Waals surface area (Å²) in [5.74, 6) is 0.943. The van der Waals surface area contributed by atoms with Crippen LogP contribution in [0.15, 0.2) is 72.9 Å². The van der Waals surface area contributed by atoms with Gasteiger partial charge in [0, 0.05) is 29.5 Å². The molecular formula is C25H29ClN2O2. The molecule has 3 aromatic rings. The molecule has 1 atom stereocenters. The van der Waals surface area contributed by atoms with Gasteiger partial charge in [-0.1, -0.05) is 55.8 Å². The Hall–Kier alpha value is -2.72. The number of halogens is 1. The van der Waals surface area contributed by atoms with Crippen LogP contribution in [0, 0.1) is 5.92 Å². The number of ether oxygens (including phenoxy) is 1. The van der Waals surface area contributed by atoms with Crippen molar-refractivity contribution >= 4 is 17.5 Å². The molecule has 0 saturated heterocycles. The lowest BCUT2D eigenvalue weighted by Crippen LogP contribution is -2.43. The molecule has 0 bridgehead atoms. The predicted molar refractivity (Wildman–Crippen MR) is 122 cm³/mol. The van der Waals surface area contributed by atoms with Gasteiger partial charge in [-0.25, -0.2) is 0 Å². The summed E-state index contributed by atoms with van der Waals surface area (Å²) < 4.78 is 7.92. The lowest BCUT2D eigenvalue weighted by molar-refractivity contribution is -0.137. The Morgan fingerprint density at radius 1 is 1.00 bits per heavy atom. The van der Waals surface area contributed by atoms with Crippen molar-refractivity contribution in [2.75, 3.05) is 6.61 Å². The molecule has 0 saturated carbocycles. The number of benzene rings is 2. The van der Waals surface area contributed by atoms with Gasteiger partial charge in [0.05, 0.1) is 6.54 Å². The molecule has 158 valence electrons. The summed E-state index contributed by atoms with van der Waals surface area (Å²) in [7, 11) is 0. The van der Waals surface area contributed by atoms with Crippen LogP contribution in [0.3, 0.4) is 0 Å². The number of nitrogens with zero attached hydrogens (tertiary/aromatic N) is 2. The van der Waals surface area contributed by atoms with Crippen molar-refractivity contribution in [3.63, 3.8) is 0 Å². The van der Waals surface area contributed by atoms with E-state index < -0.39 is 0 Å². The van der Waals surface area contributed by atoms with Crippen LogP contribution in [0.25, 0.3) is 0 Å². The summed E-state index contributed by atoms with van der Waals surface area (Å²) in [6.45, 7) is 7.68. The van der Waals surface area contributed by atoms with Crippen LogP contribution in [0.2, 0.25) is 5.02 Å². The monoisotopic (exact) mass is 424 g/mol. The average molecular weight is 425 g/mol. The molecule has 0 N–H and O–H groups in total. The number of amides is 1. The molecule has 0 radical (unpaired) electrons. The fraction of sp³-hybridized carbons (Fsp3) is 0.320. The van der Waals surface area contributed by atoms with Gasteiger partial charge in [-0.15, -0.1) is 0 Å². The maximum absolute atomic E-state index is 13.1. The van der Waals surface area contributed by atoms with E-state index in [1.807, 2.05) is 29.2 Å². The standard InChI is InChI=1S/C25H29ClN2O2/c1-19(2)20(3)28(25(29)18-30-24-13-11-22(26)12-14-24)17-23-10-7-15-27(23)16-21-8-5-4-6-9-21/h4-15,19-20H,16-18H2,1-3H3. The van der Waals surface area contributed by atoms with E-state index in [0.717, 1.165) is 12.2 Å². The minimum atomic E-state index is -0.0291. The van der Waals surface area contributed by atoms with Crippen molar-refractivity contribution in [3.05, 3.63) is 89.2 Å². The van der Waals surface area contributed by atoms with E-state index in [9.17, 15) is 4.79 Å². The SMILES string of the molecule is CC(C)C(C)N(Cc1cccn1Cc1ccccc1)C(=O)COc1ccc(Cl)cc1. The molecule has 4 nitrogen and oxygen atoms in total. The van der Waals surface area contributed by atoms with E-state index >= 15 is 0 Å². The molecule has 0 spiro atoms. The van der Waals surface area contributed by atoms with E-state index in [0.29, 0.717) is 23.2 Å². The molecule has 0 aliphatic heterocycles. The first kappa shape index (κ1) is 22.0. The van der Waals surface area contributed by atoms with Crippen molar-refractivity contribution in [2.24, 2.45) is 5.92 Å². The van der Waals surface area contributed by atoms with E-state index in [1.165, 1.54) is 5.56 Å². The highest BCUT2D eigenvalue weighted by Crippen LogP contribution is 2.19. The van der Waals surface area contributed by atoms with Gasteiger partial charge in [0.2, 0.25) is 0 Å². The summed E-state index contributed by atoms with van der Waals surface area (Å²) in [6.07, 6.45) is 2.06. The molecule has 30 heavy (non-hydrogen) atoms. The first-order valence-corrected chi connectivity index (χ1v) is 10.7. The Morgan fingerprint density at radius 3 is 2.37 bits per heavy atom. The van der Waals surface area contributed by atoms with Crippen LogP contribution < -0.4 is 4.74 Å². The second-order valence-electron chi connectivity index (χ2n) is 7.86. The Bertz CT molecular complexity index is 935. The van der Waals surface area contributed by atoms with Gasteiger partial charge in [-0.3, -0.25) is 4.79 Å². The zero-order chi connectivity index (χ0) is 21.5. The van der Waals surface area contributed by atoms with Crippen molar-refractivity contribution in [1.82, 2.24) is 9.47 Å². The molecule has 1 aromatic heterocycles. The minimum absolute atomic E-state index is 0.00190. The Labute approximate surface area is 184 Å². The third-order valence-corrected chi connectivity index (χ3v) is 5.66. The summed E-state index contributed by atoms with van der Waals surface area (Å²) in [4.78, 5) is 15.0. The van der Waals surface area contributed by atoms with Gasteiger partial charge in [0.25, 0.3) is 5.91 Å². The van der Waals surface area contributed by atoms with E-state index in [4.69, 9.17) is 16.3 Å². The van der Waals surface area contributed by atoms with Crippen LogP contribution in [0.1, 0.15) is 32.0 Å². The number of rotatable bonds is 9. The second kappa shape index (κ2) is 10.4. The van der Waals surface area contributed by atoms with Crippen molar-refractivity contribution in [1.29, 1.82) is 0 Å². The molecule has 1 amide bonds. The quantitative estimate of drug-likeness (QED) is 0.445. The van der Waals surface area contributed by atoms with Gasteiger partial charge >= 0.3 is 0 Å².